The van der Waals surface area contributed by atoms with Gasteiger partial charge in [-0.15, -0.1) is 0 Å². The summed E-state index contributed by atoms with van der Waals surface area (Å²) in [6, 6.07) is -0.322. The molecule has 0 spiro atoms. The quantitative estimate of drug-likeness (QED) is 0.751. The summed E-state index contributed by atoms with van der Waals surface area (Å²) in [5.41, 5.74) is -0.520. The minimum absolute atomic E-state index is 0.00000926. The Balaban J connectivity index is 2.86. The highest BCUT2D eigenvalue weighted by Gasteiger charge is 2.47. The van der Waals surface area contributed by atoms with E-state index in [1.807, 2.05) is 34.6 Å². The zero-order chi connectivity index (χ0) is 18.9. The van der Waals surface area contributed by atoms with E-state index in [1.54, 1.807) is 11.8 Å². The first-order valence-electron chi connectivity index (χ1n) is 8.66. The number of carbonyl (C=O) groups excluding carboxylic acids is 3. The van der Waals surface area contributed by atoms with Crippen molar-refractivity contribution in [2.45, 2.75) is 78.8 Å². The smallest absolute Gasteiger partial charge is 0.243 e. The fourth-order valence-electron chi connectivity index (χ4n) is 2.93. The summed E-state index contributed by atoms with van der Waals surface area (Å²) >= 11 is 0. The Bertz CT molecular complexity index is 512. The van der Waals surface area contributed by atoms with E-state index >= 15 is 0 Å². The van der Waals surface area contributed by atoms with Gasteiger partial charge in [-0.25, -0.2) is 0 Å². The summed E-state index contributed by atoms with van der Waals surface area (Å²) in [6.07, 6.45) is 0.688. The Morgan fingerprint density at radius 1 is 1.08 bits per heavy atom. The van der Waals surface area contributed by atoms with Crippen LogP contribution in [0.1, 0.15) is 41.5 Å². The Morgan fingerprint density at radius 3 is 2.08 bits per heavy atom. The molecule has 1 fully saturated rings. The highest BCUT2D eigenvalue weighted by Crippen LogP contribution is 2.31. The Morgan fingerprint density at radius 2 is 1.62 bits per heavy atom. The normalized spacial score (nSPS) is 21.5. The van der Waals surface area contributed by atoms with Crippen LogP contribution >= 0.6 is 0 Å². The molecule has 1 aliphatic rings. The monoisotopic (exact) mass is 355 g/mol. The lowest BCUT2D eigenvalue weighted by atomic mass is 9.94. The summed E-state index contributed by atoms with van der Waals surface area (Å²) in [7, 11) is -1.63. The average Bonchev–Trinajstić information content (AvgIpc) is 2.71. The predicted octanol–water partition coefficient (Wildman–Crippen LogP) is 1.52. The molecule has 24 heavy (non-hydrogen) atoms. The summed E-state index contributed by atoms with van der Waals surface area (Å²) in [6.45, 7) is 15.4. The summed E-state index contributed by atoms with van der Waals surface area (Å²) in [5, 5.41) is 5.57. The third-order valence-corrected chi connectivity index (χ3v) is 6.80. The molecule has 0 bridgehead atoms. The number of hydrogen-bond acceptors (Lipinski definition) is 3. The van der Waals surface area contributed by atoms with Crippen LogP contribution in [-0.2, 0) is 14.4 Å². The number of nitrogens with zero attached hydrogens (tertiary/aromatic N) is 1. The van der Waals surface area contributed by atoms with E-state index in [1.165, 1.54) is 0 Å². The van der Waals surface area contributed by atoms with Crippen molar-refractivity contribution >= 4 is 25.8 Å². The predicted molar refractivity (Wildman–Crippen MR) is 98.1 cm³/mol. The minimum Gasteiger partial charge on any atom is -0.352 e. The molecule has 7 heteroatoms. The standard InChI is InChI=1S/C17H33N3O3Si/c1-11(2)18-14(21)12(3)19-15(22)13-9-24(7,8)10-20(13)16(23)17(4,5)6/h11-13H,9-10H2,1-8H3,(H,18,21)(H,19,22)/t12-,13-/m0/s1. The molecule has 1 saturated heterocycles. The molecule has 3 amide bonds. The number of hydrogen-bond donors (Lipinski definition) is 2. The van der Waals surface area contributed by atoms with Gasteiger partial charge in [-0.3, -0.25) is 14.4 Å². The molecule has 0 aromatic rings. The van der Waals surface area contributed by atoms with Crippen LogP contribution in [0, 0.1) is 5.41 Å². The maximum Gasteiger partial charge on any atom is 0.243 e. The topological polar surface area (TPSA) is 78.5 Å². The van der Waals surface area contributed by atoms with Crippen LogP contribution in [0.25, 0.3) is 0 Å². The molecule has 2 N–H and O–H groups in total. The second kappa shape index (κ2) is 7.25. The first-order valence-corrected chi connectivity index (χ1v) is 12.1. The van der Waals surface area contributed by atoms with Gasteiger partial charge in [0, 0.05) is 17.6 Å². The van der Waals surface area contributed by atoms with E-state index in [0.29, 0.717) is 6.17 Å². The number of nitrogens with one attached hydrogen (secondary N) is 2. The van der Waals surface area contributed by atoms with Crippen molar-refractivity contribution in [2.75, 3.05) is 6.17 Å². The van der Waals surface area contributed by atoms with Gasteiger partial charge in [0.05, 0.1) is 8.07 Å². The molecule has 0 saturated carbocycles. The third kappa shape index (κ3) is 5.33. The number of carbonyl (C=O) groups is 3. The number of rotatable bonds is 4. The van der Waals surface area contributed by atoms with Crippen molar-refractivity contribution in [3.8, 4) is 0 Å². The van der Waals surface area contributed by atoms with Crippen molar-refractivity contribution < 1.29 is 14.4 Å². The average molecular weight is 356 g/mol. The van der Waals surface area contributed by atoms with Crippen LogP contribution in [0.2, 0.25) is 19.1 Å². The Hall–Kier alpha value is -1.37. The fourth-order valence-corrected chi connectivity index (χ4v) is 5.80. The molecule has 1 rings (SSSR count). The van der Waals surface area contributed by atoms with Crippen LogP contribution in [0.3, 0.4) is 0 Å². The molecule has 2 atom stereocenters. The van der Waals surface area contributed by atoms with Gasteiger partial charge < -0.3 is 15.5 Å². The summed E-state index contributed by atoms with van der Waals surface area (Å²) in [4.78, 5) is 39.2. The van der Waals surface area contributed by atoms with E-state index in [2.05, 4.69) is 23.7 Å². The van der Waals surface area contributed by atoms with Crippen LogP contribution in [-0.4, -0.2) is 55.0 Å². The van der Waals surface area contributed by atoms with Crippen molar-refractivity contribution in [2.24, 2.45) is 5.41 Å². The summed E-state index contributed by atoms with van der Waals surface area (Å²) < 4.78 is 0. The van der Waals surface area contributed by atoms with Gasteiger partial charge >= 0.3 is 0 Å². The first kappa shape index (κ1) is 20.7. The maximum absolute atomic E-state index is 12.7. The molecular formula is C17H33N3O3Si. The van der Waals surface area contributed by atoms with Crippen LogP contribution in [0.4, 0.5) is 0 Å². The van der Waals surface area contributed by atoms with Gasteiger partial charge in [0.1, 0.15) is 12.1 Å². The lowest BCUT2D eigenvalue weighted by molar-refractivity contribution is -0.144. The first-order chi connectivity index (χ1) is 10.7. The highest BCUT2D eigenvalue weighted by atomic mass is 28.3. The lowest BCUT2D eigenvalue weighted by Gasteiger charge is -2.31. The zero-order valence-corrected chi connectivity index (χ0v) is 17.3. The van der Waals surface area contributed by atoms with Gasteiger partial charge in [-0.1, -0.05) is 33.9 Å². The molecule has 6 nitrogen and oxygen atoms in total. The second-order valence-electron chi connectivity index (χ2n) is 8.96. The van der Waals surface area contributed by atoms with Crippen molar-refractivity contribution in [3.05, 3.63) is 0 Å². The highest BCUT2D eigenvalue weighted by molar-refractivity contribution is 6.79. The van der Waals surface area contributed by atoms with E-state index in [0.717, 1.165) is 6.04 Å². The zero-order valence-electron chi connectivity index (χ0n) is 16.3. The fraction of sp³-hybridized carbons (Fsp3) is 0.824. The van der Waals surface area contributed by atoms with Gasteiger partial charge in [0.2, 0.25) is 17.7 Å². The molecule has 138 valence electrons. The molecule has 0 radical (unpaired) electrons. The van der Waals surface area contributed by atoms with Crippen LogP contribution in [0.5, 0.6) is 0 Å². The molecule has 0 aromatic carbocycles. The third-order valence-electron chi connectivity index (χ3n) is 4.11. The number of amides is 3. The van der Waals surface area contributed by atoms with Crippen LogP contribution < -0.4 is 10.6 Å². The summed E-state index contributed by atoms with van der Waals surface area (Å²) in [5.74, 6) is -0.432. The van der Waals surface area contributed by atoms with Gasteiger partial charge in [-0.2, -0.15) is 0 Å². The largest absolute Gasteiger partial charge is 0.352 e. The maximum atomic E-state index is 12.7. The van der Waals surface area contributed by atoms with Crippen molar-refractivity contribution in [1.82, 2.24) is 15.5 Å². The van der Waals surface area contributed by atoms with Crippen molar-refractivity contribution in [1.29, 1.82) is 0 Å². The Kier molecular flexibility index (Phi) is 6.24. The van der Waals surface area contributed by atoms with Crippen molar-refractivity contribution in [3.63, 3.8) is 0 Å². The molecule has 1 aliphatic heterocycles. The van der Waals surface area contributed by atoms with E-state index in [4.69, 9.17) is 0 Å². The minimum atomic E-state index is -1.63. The van der Waals surface area contributed by atoms with E-state index in [9.17, 15) is 14.4 Å². The lowest BCUT2D eigenvalue weighted by Crippen LogP contribution is -2.54. The van der Waals surface area contributed by atoms with E-state index < -0.39 is 25.6 Å². The molecule has 0 aromatic heterocycles. The van der Waals surface area contributed by atoms with Gasteiger partial charge in [0.25, 0.3) is 0 Å². The van der Waals surface area contributed by atoms with Gasteiger partial charge in [0.15, 0.2) is 0 Å². The SMILES string of the molecule is CC(C)NC(=O)[C@H](C)NC(=O)[C@@H]1C[Si](C)(C)CN1C(=O)C(C)(C)C. The van der Waals surface area contributed by atoms with Gasteiger partial charge in [-0.05, 0) is 26.8 Å². The molecule has 0 unspecified atom stereocenters. The van der Waals surface area contributed by atoms with Crippen LogP contribution in [0.15, 0.2) is 0 Å². The second-order valence-corrected chi connectivity index (χ2v) is 14.0. The Labute approximate surface area is 146 Å². The molecule has 0 aliphatic carbocycles. The van der Waals surface area contributed by atoms with E-state index in [-0.39, 0.29) is 23.8 Å². The molecular weight excluding hydrogens is 322 g/mol. The molecule has 1 heterocycles.